The highest BCUT2D eigenvalue weighted by Gasteiger charge is 2.15. The second-order valence-electron chi connectivity index (χ2n) is 7.21. The average Bonchev–Trinajstić information content (AvgIpc) is 3.42. The summed E-state index contributed by atoms with van der Waals surface area (Å²) in [6.07, 6.45) is 3.07. The third kappa shape index (κ3) is 5.01. The second-order valence-corrected chi connectivity index (χ2v) is 7.21. The molecule has 0 aliphatic heterocycles. The van der Waals surface area contributed by atoms with Crippen LogP contribution in [-0.2, 0) is 16.1 Å². The van der Waals surface area contributed by atoms with Gasteiger partial charge in [-0.05, 0) is 51.1 Å². The molecular weight excluding hydrogens is 420 g/mol. The van der Waals surface area contributed by atoms with Gasteiger partial charge in [0.25, 0.3) is 5.89 Å². The first-order valence-electron chi connectivity index (χ1n) is 10.6. The SMILES string of the molecule is CCOc1ccccc1-c1noc(COC(=O)/C=C/c2c(C)nn(-c3ccccc3)c2C)n1. The van der Waals surface area contributed by atoms with Crippen LogP contribution in [0.2, 0.25) is 0 Å². The van der Waals surface area contributed by atoms with Gasteiger partial charge in [-0.3, -0.25) is 0 Å². The number of esters is 1. The lowest BCUT2D eigenvalue weighted by atomic mass is 10.2. The highest BCUT2D eigenvalue weighted by molar-refractivity contribution is 5.87. The predicted octanol–water partition coefficient (Wildman–Crippen LogP) is 4.69. The van der Waals surface area contributed by atoms with Crippen molar-refractivity contribution in [2.24, 2.45) is 0 Å². The minimum absolute atomic E-state index is 0.131. The molecule has 0 bridgehead atoms. The Balaban J connectivity index is 1.41. The van der Waals surface area contributed by atoms with Crippen molar-refractivity contribution >= 4 is 12.0 Å². The Bertz CT molecular complexity index is 1270. The van der Waals surface area contributed by atoms with Crippen LogP contribution in [0.1, 0.15) is 29.8 Å². The normalized spacial score (nSPS) is 11.1. The van der Waals surface area contributed by atoms with E-state index in [1.165, 1.54) is 6.08 Å². The van der Waals surface area contributed by atoms with E-state index in [0.717, 1.165) is 22.6 Å². The van der Waals surface area contributed by atoms with Gasteiger partial charge in [-0.2, -0.15) is 10.1 Å². The van der Waals surface area contributed by atoms with Crippen molar-refractivity contribution < 1.29 is 18.8 Å². The van der Waals surface area contributed by atoms with Crippen LogP contribution in [0.4, 0.5) is 0 Å². The maximum absolute atomic E-state index is 12.3. The molecule has 0 aliphatic carbocycles. The fourth-order valence-corrected chi connectivity index (χ4v) is 3.40. The molecule has 4 aromatic rings. The van der Waals surface area contributed by atoms with Crippen LogP contribution in [0.3, 0.4) is 0 Å². The fourth-order valence-electron chi connectivity index (χ4n) is 3.40. The molecule has 0 radical (unpaired) electrons. The summed E-state index contributed by atoms with van der Waals surface area (Å²) in [6.45, 7) is 6.15. The first-order valence-corrected chi connectivity index (χ1v) is 10.6. The van der Waals surface area contributed by atoms with E-state index in [9.17, 15) is 4.79 Å². The van der Waals surface area contributed by atoms with E-state index >= 15 is 0 Å². The molecule has 2 aromatic heterocycles. The zero-order chi connectivity index (χ0) is 23.2. The van der Waals surface area contributed by atoms with Crippen LogP contribution >= 0.6 is 0 Å². The van der Waals surface area contributed by atoms with Crippen molar-refractivity contribution in [1.29, 1.82) is 0 Å². The molecule has 8 nitrogen and oxygen atoms in total. The summed E-state index contributed by atoms with van der Waals surface area (Å²) in [5.74, 6) is 0.715. The number of para-hydroxylation sites is 2. The van der Waals surface area contributed by atoms with E-state index in [2.05, 4.69) is 15.2 Å². The van der Waals surface area contributed by atoms with Crippen molar-refractivity contribution in [1.82, 2.24) is 19.9 Å². The number of benzene rings is 2. The lowest BCUT2D eigenvalue weighted by Crippen LogP contribution is -2.01. The van der Waals surface area contributed by atoms with Gasteiger partial charge in [0.05, 0.1) is 23.6 Å². The van der Waals surface area contributed by atoms with Crippen LogP contribution in [0.15, 0.2) is 65.2 Å². The molecule has 0 saturated heterocycles. The largest absolute Gasteiger partial charge is 0.493 e. The number of carbonyl (C=O) groups excluding carboxylic acids is 1. The summed E-state index contributed by atoms with van der Waals surface area (Å²) >= 11 is 0. The van der Waals surface area contributed by atoms with E-state index in [4.69, 9.17) is 14.0 Å². The summed E-state index contributed by atoms with van der Waals surface area (Å²) in [5, 5.41) is 8.54. The number of aromatic nitrogens is 4. The molecule has 0 aliphatic rings. The Labute approximate surface area is 191 Å². The van der Waals surface area contributed by atoms with Crippen LogP contribution in [0.5, 0.6) is 5.75 Å². The molecule has 0 saturated carbocycles. The van der Waals surface area contributed by atoms with Crippen molar-refractivity contribution in [3.8, 4) is 22.8 Å². The second kappa shape index (κ2) is 9.95. The Morgan fingerprint density at radius 3 is 2.64 bits per heavy atom. The van der Waals surface area contributed by atoms with Gasteiger partial charge in [-0.15, -0.1) is 0 Å². The average molecular weight is 444 g/mol. The van der Waals surface area contributed by atoms with E-state index in [-0.39, 0.29) is 12.5 Å². The molecule has 0 N–H and O–H groups in total. The first-order chi connectivity index (χ1) is 16.1. The lowest BCUT2D eigenvalue weighted by molar-refractivity contribution is -0.139. The molecule has 0 unspecified atom stereocenters. The summed E-state index contributed by atoms with van der Waals surface area (Å²) in [5.41, 5.74) is 4.27. The van der Waals surface area contributed by atoms with E-state index in [1.54, 1.807) is 6.08 Å². The predicted molar refractivity (Wildman–Crippen MR) is 123 cm³/mol. The van der Waals surface area contributed by atoms with E-state index in [0.29, 0.717) is 23.7 Å². The van der Waals surface area contributed by atoms with Crippen molar-refractivity contribution in [2.45, 2.75) is 27.4 Å². The van der Waals surface area contributed by atoms with Crippen LogP contribution in [0.25, 0.3) is 23.2 Å². The van der Waals surface area contributed by atoms with Crippen LogP contribution in [0, 0.1) is 13.8 Å². The smallest absolute Gasteiger partial charge is 0.331 e. The van der Waals surface area contributed by atoms with Crippen molar-refractivity contribution in [3.05, 3.63) is 83.5 Å². The Morgan fingerprint density at radius 2 is 1.85 bits per heavy atom. The molecule has 168 valence electrons. The Kier molecular flexibility index (Phi) is 6.64. The van der Waals surface area contributed by atoms with E-state index < -0.39 is 5.97 Å². The first kappa shape index (κ1) is 22.0. The molecule has 0 fully saturated rings. The lowest BCUT2D eigenvalue weighted by Gasteiger charge is -2.05. The van der Waals surface area contributed by atoms with Gasteiger partial charge in [-0.25, -0.2) is 9.48 Å². The molecule has 0 spiro atoms. The molecule has 33 heavy (non-hydrogen) atoms. The zero-order valence-corrected chi connectivity index (χ0v) is 18.7. The molecule has 0 atom stereocenters. The highest BCUT2D eigenvalue weighted by Crippen LogP contribution is 2.27. The zero-order valence-electron chi connectivity index (χ0n) is 18.7. The molecule has 4 rings (SSSR count). The maximum Gasteiger partial charge on any atom is 0.331 e. The van der Waals surface area contributed by atoms with Gasteiger partial charge in [0.1, 0.15) is 5.75 Å². The number of hydrogen-bond donors (Lipinski definition) is 0. The number of hydrogen-bond acceptors (Lipinski definition) is 7. The number of ether oxygens (including phenoxy) is 2. The standard InChI is InChI=1S/C25H24N4O4/c1-4-31-22-13-9-8-12-21(22)25-26-23(33-28-25)16-32-24(30)15-14-20-17(2)27-29(18(20)3)19-10-6-5-7-11-19/h5-15H,4,16H2,1-3H3/b15-14+. The third-order valence-corrected chi connectivity index (χ3v) is 4.97. The fraction of sp³-hybridized carbons (Fsp3) is 0.200. The van der Waals surface area contributed by atoms with Gasteiger partial charge in [0, 0.05) is 17.3 Å². The molecule has 2 aromatic carbocycles. The minimum atomic E-state index is -0.518. The number of aryl methyl sites for hydroxylation is 1. The summed E-state index contributed by atoms with van der Waals surface area (Å²) < 4.78 is 17.9. The van der Waals surface area contributed by atoms with Crippen LogP contribution in [-0.4, -0.2) is 32.5 Å². The molecular formula is C25H24N4O4. The van der Waals surface area contributed by atoms with Gasteiger partial charge >= 0.3 is 5.97 Å². The van der Waals surface area contributed by atoms with Gasteiger partial charge in [-0.1, -0.05) is 35.5 Å². The molecule has 8 heteroatoms. The van der Waals surface area contributed by atoms with Gasteiger partial charge in [0.15, 0.2) is 6.61 Å². The van der Waals surface area contributed by atoms with E-state index in [1.807, 2.05) is 80.1 Å². The Morgan fingerprint density at radius 1 is 1.09 bits per heavy atom. The highest BCUT2D eigenvalue weighted by atomic mass is 16.6. The molecule has 0 amide bonds. The van der Waals surface area contributed by atoms with Gasteiger partial charge in [0.2, 0.25) is 5.82 Å². The monoisotopic (exact) mass is 444 g/mol. The third-order valence-electron chi connectivity index (χ3n) is 4.97. The van der Waals surface area contributed by atoms with Crippen molar-refractivity contribution in [2.75, 3.05) is 6.61 Å². The van der Waals surface area contributed by atoms with Crippen LogP contribution < -0.4 is 4.74 Å². The maximum atomic E-state index is 12.3. The number of rotatable bonds is 8. The summed E-state index contributed by atoms with van der Waals surface area (Å²) in [7, 11) is 0. The number of carbonyl (C=O) groups is 1. The Hall–Kier alpha value is -4.20. The molecule has 2 heterocycles. The number of nitrogens with zero attached hydrogens (tertiary/aromatic N) is 4. The quantitative estimate of drug-likeness (QED) is 0.287. The summed E-state index contributed by atoms with van der Waals surface area (Å²) in [4.78, 5) is 16.6. The van der Waals surface area contributed by atoms with Crippen molar-refractivity contribution in [3.63, 3.8) is 0 Å². The minimum Gasteiger partial charge on any atom is -0.493 e. The van der Waals surface area contributed by atoms with Gasteiger partial charge < -0.3 is 14.0 Å². The summed E-state index contributed by atoms with van der Waals surface area (Å²) in [6, 6.07) is 17.2. The topological polar surface area (TPSA) is 92.3 Å².